The average Bonchev–Trinajstić information content (AvgIpc) is 3.04. The molecule has 23 heavy (non-hydrogen) atoms. The van der Waals surface area contributed by atoms with E-state index in [1.54, 1.807) is 25.1 Å². The number of halogens is 2. The van der Waals surface area contributed by atoms with Crippen molar-refractivity contribution in [3.63, 3.8) is 0 Å². The van der Waals surface area contributed by atoms with Gasteiger partial charge in [0.25, 0.3) is 5.91 Å². The van der Waals surface area contributed by atoms with Crippen molar-refractivity contribution in [3.05, 3.63) is 18.2 Å². The molecule has 1 aromatic rings. The van der Waals surface area contributed by atoms with Gasteiger partial charge in [-0.1, -0.05) is 0 Å². The molecule has 1 atom stereocenters. The second-order valence-electron chi connectivity index (χ2n) is 5.70. The normalized spacial score (nSPS) is 23.8. The molecule has 0 radical (unpaired) electrons. The van der Waals surface area contributed by atoms with Gasteiger partial charge in [-0.05, 0) is 19.1 Å². The van der Waals surface area contributed by atoms with E-state index in [9.17, 15) is 9.59 Å². The zero-order valence-electron chi connectivity index (χ0n) is 12.4. The highest BCUT2D eigenvalue weighted by molar-refractivity contribution is 6.53. The number of benzene rings is 1. The summed E-state index contributed by atoms with van der Waals surface area (Å²) in [6.07, 6.45) is 0.311. The Morgan fingerprint density at radius 3 is 2.57 bits per heavy atom. The van der Waals surface area contributed by atoms with Gasteiger partial charge in [0.1, 0.15) is 23.0 Å². The number of amides is 1. The summed E-state index contributed by atoms with van der Waals surface area (Å²) in [4.78, 5) is 23.8. The second-order valence-corrected chi connectivity index (χ2v) is 7.18. The highest BCUT2D eigenvalue weighted by atomic mass is 35.5. The van der Waals surface area contributed by atoms with E-state index in [0.29, 0.717) is 36.8 Å². The van der Waals surface area contributed by atoms with Gasteiger partial charge in [-0.3, -0.25) is 9.59 Å². The molecule has 6 nitrogen and oxygen atoms in total. The average molecular weight is 360 g/mol. The second kappa shape index (κ2) is 5.76. The van der Waals surface area contributed by atoms with Crippen LogP contribution in [0, 0.1) is 5.41 Å². The molecule has 3 rings (SSSR count). The molecule has 1 unspecified atom stereocenters. The summed E-state index contributed by atoms with van der Waals surface area (Å²) < 4.78 is 14.7. The molecule has 1 aromatic carbocycles. The van der Waals surface area contributed by atoms with Gasteiger partial charge in [0, 0.05) is 18.2 Å². The summed E-state index contributed by atoms with van der Waals surface area (Å²) in [5.41, 5.74) is -0.426. The molecular formula is C15H15Cl2NO5. The Balaban J connectivity index is 1.53. The van der Waals surface area contributed by atoms with Crippen molar-refractivity contribution in [2.24, 2.45) is 5.41 Å². The van der Waals surface area contributed by atoms with E-state index < -0.39 is 28.2 Å². The Bertz CT molecular complexity index is 663. The van der Waals surface area contributed by atoms with Gasteiger partial charge in [-0.15, -0.1) is 23.2 Å². The van der Waals surface area contributed by atoms with Crippen molar-refractivity contribution in [3.8, 4) is 11.5 Å². The molecule has 2 aliphatic rings. The lowest BCUT2D eigenvalue weighted by Gasteiger charge is -2.19. The first kappa shape index (κ1) is 16.2. The zero-order chi connectivity index (χ0) is 16.7. The Hall–Kier alpha value is -1.66. The summed E-state index contributed by atoms with van der Waals surface area (Å²) in [5.74, 6) is 0.141. The van der Waals surface area contributed by atoms with Crippen LogP contribution < -0.4 is 14.8 Å². The van der Waals surface area contributed by atoms with Crippen LogP contribution in [0.15, 0.2) is 18.2 Å². The Labute approximate surface area is 143 Å². The summed E-state index contributed by atoms with van der Waals surface area (Å²) >= 11 is 11.8. The number of esters is 1. The quantitative estimate of drug-likeness (QED) is 0.660. The van der Waals surface area contributed by atoms with Gasteiger partial charge in [0.05, 0.1) is 0 Å². The lowest BCUT2D eigenvalue weighted by molar-refractivity contribution is -0.152. The molecule has 1 amide bonds. The van der Waals surface area contributed by atoms with Crippen LogP contribution >= 0.6 is 23.2 Å². The molecular weight excluding hydrogens is 345 g/mol. The monoisotopic (exact) mass is 359 g/mol. The number of hydrogen-bond acceptors (Lipinski definition) is 5. The number of anilines is 1. The van der Waals surface area contributed by atoms with Crippen LogP contribution in [0.3, 0.4) is 0 Å². The molecule has 0 bridgehead atoms. The van der Waals surface area contributed by atoms with Crippen molar-refractivity contribution in [2.75, 3.05) is 25.1 Å². The van der Waals surface area contributed by atoms with Gasteiger partial charge in [0.15, 0.2) is 18.1 Å². The van der Waals surface area contributed by atoms with Gasteiger partial charge in [-0.2, -0.15) is 0 Å². The predicted octanol–water partition coefficient (Wildman–Crippen LogP) is 2.52. The lowest BCUT2D eigenvalue weighted by atomic mass is 10.1. The lowest BCUT2D eigenvalue weighted by Crippen LogP contribution is -2.26. The van der Waals surface area contributed by atoms with Crippen molar-refractivity contribution >= 4 is 40.8 Å². The molecule has 8 heteroatoms. The summed E-state index contributed by atoms with van der Waals surface area (Å²) in [6.45, 7) is 2.15. The smallest absolute Gasteiger partial charge is 0.315 e. The van der Waals surface area contributed by atoms with Gasteiger partial charge < -0.3 is 19.5 Å². The number of rotatable bonds is 4. The SMILES string of the molecule is CC1(C(=O)OCC(=O)Nc2ccc3c(c2)OCCO3)CC1(Cl)Cl. The minimum Gasteiger partial charge on any atom is -0.486 e. The minimum atomic E-state index is -1.11. The third-order valence-electron chi connectivity index (χ3n) is 3.87. The molecule has 0 saturated heterocycles. The van der Waals surface area contributed by atoms with E-state index in [1.165, 1.54) is 0 Å². The first-order valence-electron chi connectivity index (χ1n) is 7.06. The molecule has 1 aliphatic carbocycles. The topological polar surface area (TPSA) is 73.9 Å². The molecule has 1 N–H and O–H groups in total. The maximum atomic E-state index is 11.9. The minimum absolute atomic E-state index is 0.311. The number of nitrogens with one attached hydrogen (secondary N) is 1. The van der Waals surface area contributed by atoms with Crippen molar-refractivity contribution in [2.45, 2.75) is 17.7 Å². The molecule has 1 saturated carbocycles. The summed E-state index contributed by atoms with van der Waals surface area (Å²) in [6, 6.07) is 5.04. The van der Waals surface area contributed by atoms with E-state index in [2.05, 4.69) is 5.32 Å². The van der Waals surface area contributed by atoms with Crippen LogP contribution in [-0.4, -0.2) is 36.0 Å². The fourth-order valence-corrected chi connectivity index (χ4v) is 2.92. The number of hydrogen-bond donors (Lipinski definition) is 1. The number of carbonyl (C=O) groups excluding carboxylic acids is 2. The third kappa shape index (κ3) is 3.19. The van der Waals surface area contributed by atoms with Crippen molar-refractivity contribution in [1.82, 2.24) is 0 Å². The molecule has 1 fully saturated rings. The van der Waals surface area contributed by atoms with E-state index in [0.717, 1.165) is 0 Å². The van der Waals surface area contributed by atoms with E-state index in [1.807, 2.05) is 0 Å². The third-order valence-corrected chi connectivity index (χ3v) is 4.97. The van der Waals surface area contributed by atoms with Gasteiger partial charge in [-0.25, -0.2) is 0 Å². The highest BCUT2D eigenvalue weighted by Gasteiger charge is 2.69. The maximum Gasteiger partial charge on any atom is 0.315 e. The molecule has 124 valence electrons. The molecule has 1 heterocycles. The van der Waals surface area contributed by atoms with Crippen LogP contribution in [0.1, 0.15) is 13.3 Å². The Morgan fingerprint density at radius 2 is 1.91 bits per heavy atom. The number of alkyl halides is 2. The number of carbonyl (C=O) groups is 2. The van der Waals surface area contributed by atoms with Crippen LogP contribution in [0.2, 0.25) is 0 Å². The molecule has 1 aliphatic heterocycles. The summed E-state index contributed by atoms with van der Waals surface area (Å²) in [7, 11) is 0. The fraction of sp³-hybridized carbons (Fsp3) is 0.467. The molecule has 0 spiro atoms. The largest absolute Gasteiger partial charge is 0.486 e. The maximum absolute atomic E-state index is 11.9. The van der Waals surface area contributed by atoms with E-state index >= 15 is 0 Å². The van der Waals surface area contributed by atoms with Crippen LogP contribution in [-0.2, 0) is 14.3 Å². The summed E-state index contributed by atoms with van der Waals surface area (Å²) in [5, 5.41) is 2.62. The first-order chi connectivity index (χ1) is 10.8. The van der Waals surface area contributed by atoms with Gasteiger partial charge in [0.2, 0.25) is 0 Å². The zero-order valence-corrected chi connectivity index (χ0v) is 13.9. The van der Waals surface area contributed by atoms with Crippen LogP contribution in [0.5, 0.6) is 11.5 Å². The Morgan fingerprint density at radius 1 is 1.26 bits per heavy atom. The first-order valence-corrected chi connectivity index (χ1v) is 7.82. The van der Waals surface area contributed by atoms with Crippen LogP contribution in [0.25, 0.3) is 0 Å². The van der Waals surface area contributed by atoms with Crippen molar-refractivity contribution < 1.29 is 23.8 Å². The molecule has 0 aromatic heterocycles. The fourth-order valence-electron chi connectivity index (χ4n) is 2.23. The standard InChI is InChI=1S/C15H15Cl2NO5/c1-14(8-15(14,16)17)13(20)23-7-12(19)18-9-2-3-10-11(6-9)22-5-4-21-10/h2-3,6H,4-5,7-8H2,1H3,(H,18,19). The van der Waals surface area contributed by atoms with Crippen molar-refractivity contribution in [1.29, 1.82) is 0 Å². The Kier molecular flexibility index (Phi) is 4.06. The van der Waals surface area contributed by atoms with Gasteiger partial charge >= 0.3 is 5.97 Å². The van der Waals surface area contributed by atoms with Crippen LogP contribution in [0.4, 0.5) is 5.69 Å². The highest BCUT2D eigenvalue weighted by Crippen LogP contribution is 2.64. The van der Waals surface area contributed by atoms with E-state index in [-0.39, 0.29) is 0 Å². The van der Waals surface area contributed by atoms with E-state index in [4.69, 9.17) is 37.4 Å². The number of ether oxygens (including phenoxy) is 3. The number of fused-ring (bicyclic) bond motifs is 1. The predicted molar refractivity (Wildman–Crippen MR) is 84.2 cm³/mol.